The number of anilines is 1. The van der Waals surface area contributed by atoms with Gasteiger partial charge in [-0.15, -0.1) is 11.3 Å². The number of rotatable bonds is 5. The first kappa shape index (κ1) is 17.2. The third-order valence-corrected chi connectivity index (χ3v) is 5.56. The van der Waals surface area contributed by atoms with Crippen molar-refractivity contribution in [3.63, 3.8) is 0 Å². The second-order valence-electron chi connectivity index (χ2n) is 5.74. The van der Waals surface area contributed by atoms with Crippen LogP contribution in [0.4, 0.5) is 5.82 Å². The molecule has 1 saturated heterocycles. The third kappa shape index (κ3) is 4.68. The Hall–Kier alpha value is -1.64. The molecule has 1 aliphatic heterocycles. The molecular weight excluding hydrogens is 342 g/mol. The predicted molar refractivity (Wildman–Crippen MR) is 98.1 cm³/mol. The minimum Gasteiger partial charge on any atom is -0.384 e. The molecule has 1 amide bonds. The Kier molecular flexibility index (Phi) is 5.70. The number of hydrogen-bond acceptors (Lipinski definition) is 7. The molecule has 0 unspecified atom stereocenters. The summed E-state index contributed by atoms with van der Waals surface area (Å²) >= 11 is 3.13. The topological polar surface area (TPSA) is 75.3 Å². The standard InChI is InChI=1S/C16H21N5OS2/c1-12-9-14(17)19-16(18-12)24-11-15(22)21-6-4-20(5-7-21)10-13-3-2-8-23-13/h2-3,8-9H,4-7,10-11H2,1H3,(H2,17,18,19). The van der Waals surface area contributed by atoms with Gasteiger partial charge in [-0.1, -0.05) is 17.8 Å². The zero-order valence-corrected chi connectivity index (χ0v) is 15.3. The molecule has 2 N–H and O–H groups in total. The quantitative estimate of drug-likeness (QED) is 0.646. The summed E-state index contributed by atoms with van der Waals surface area (Å²) < 4.78 is 0. The molecule has 0 bridgehead atoms. The first-order chi connectivity index (χ1) is 11.6. The van der Waals surface area contributed by atoms with Gasteiger partial charge in [0.15, 0.2) is 5.16 Å². The van der Waals surface area contributed by atoms with Crippen LogP contribution in [0.15, 0.2) is 28.7 Å². The smallest absolute Gasteiger partial charge is 0.233 e. The highest BCUT2D eigenvalue weighted by atomic mass is 32.2. The lowest BCUT2D eigenvalue weighted by Crippen LogP contribution is -2.48. The van der Waals surface area contributed by atoms with Crippen LogP contribution in [0.2, 0.25) is 0 Å². The van der Waals surface area contributed by atoms with Crippen LogP contribution in [0.3, 0.4) is 0 Å². The number of piperazine rings is 1. The Balaban J connectivity index is 1.45. The van der Waals surface area contributed by atoms with Crippen LogP contribution in [0.1, 0.15) is 10.6 Å². The van der Waals surface area contributed by atoms with E-state index in [0.29, 0.717) is 16.7 Å². The summed E-state index contributed by atoms with van der Waals surface area (Å²) in [5.41, 5.74) is 6.53. The van der Waals surface area contributed by atoms with Crippen molar-refractivity contribution in [3.05, 3.63) is 34.2 Å². The van der Waals surface area contributed by atoms with Crippen LogP contribution in [0.25, 0.3) is 0 Å². The van der Waals surface area contributed by atoms with E-state index in [1.54, 1.807) is 17.4 Å². The third-order valence-electron chi connectivity index (χ3n) is 3.86. The van der Waals surface area contributed by atoms with Crippen molar-refractivity contribution < 1.29 is 4.79 Å². The molecule has 2 aromatic rings. The maximum Gasteiger partial charge on any atom is 0.233 e. The number of thiophene rings is 1. The second kappa shape index (κ2) is 7.96. The number of nitrogen functional groups attached to an aromatic ring is 1. The van der Waals surface area contributed by atoms with Gasteiger partial charge in [-0.05, 0) is 18.4 Å². The lowest BCUT2D eigenvalue weighted by Gasteiger charge is -2.34. The molecule has 8 heteroatoms. The van der Waals surface area contributed by atoms with Gasteiger partial charge in [0.25, 0.3) is 0 Å². The van der Waals surface area contributed by atoms with Crippen molar-refractivity contribution in [1.29, 1.82) is 0 Å². The number of thioether (sulfide) groups is 1. The lowest BCUT2D eigenvalue weighted by atomic mass is 10.3. The molecule has 0 aromatic carbocycles. The fourth-order valence-electron chi connectivity index (χ4n) is 2.63. The van der Waals surface area contributed by atoms with E-state index in [1.807, 2.05) is 11.8 Å². The molecule has 0 atom stereocenters. The van der Waals surface area contributed by atoms with E-state index in [0.717, 1.165) is 38.4 Å². The number of nitrogens with two attached hydrogens (primary N) is 1. The first-order valence-corrected chi connectivity index (χ1v) is 9.73. The summed E-state index contributed by atoms with van der Waals surface area (Å²) in [6.45, 7) is 6.25. The zero-order valence-electron chi connectivity index (χ0n) is 13.6. The second-order valence-corrected chi connectivity index (χ2v) is 7.72. The van der Waals surface area contributed by atoms with Crippen molar-refractivity contribution in [1.82, 2.24) is 19.8 Å². The summed E-state index contributed by atoms with van der Waals surface area (Å²) in [5.74, 6) is 0.937. The molecule has 1 aliphatic rings. The normalized spacial score (nSPS) is 15.6. The Morgan fingerprint density at radius 1 is 1.33 bits per heavy atom. The van der Waals surface area contributed by atoms with E-state index < -0.39 is 0 Å². The first-order valence-electron chi connectivity index (χ1n) is 7.86. The van der Waals surface area contributed by atoms with Crippen molar-refractivity contribution in [2.45, 2.75) is 18.6 Å². The predicted octanol–water partition coefficient (Wildman–Crippen LogP) is 1.87. The minimum absolute atomic E-state index is 0.138. The number of carbonyl (C=O) groups excluding carboxylic acids is 1. The van der Waals surface area contributed by atoms with Crippen LogP contribution < -0.4 is 5.73 Å². The fourth-order valence-corrected chi connectivity index (χ4v) is 4.19. The van der Waals surface area contributed by atoms with Crippen molar-refractivity contribution in [2.75, 3.05) is 37.7 Å². The summed E-state index contributed by atoms with van der Waals surface area (Å²) in [4.78, 5) is 26.5. The highest BCUT2D eigenvalue weighted by molar-refractivity contribution is 7.99. The van der Waals surface area contributed by atoms with Crippen molar-refractivity contribution in [2.24, 2.45) is 0 Å². The molecule has 0 saturated carbocycles. The Bertz CT molecular complexity index is 664. The fraction of sp³-hybridized carbons (Fsp3) is 0.438. The monoisotopic (exact) mass is 363 g/mol. The van der Waals surface area contributed by atoms with Gasteiger partial charge in [0.1, 0.15) is 5.82 Å². The van der Waals surface area contributed by atoms with Gasteiger partial charge in [-0.2, -0.15) is 0 Å². The zero-order chi connectivity index (χ0) is 16.9. The van der Waals surface area contributed by atoms with Gasteiger partial charge < -0.3 is 10.6 Å². The van der Waals surface area contributed by atoms with Crippen molar-refractivity contribution >= 4 is 34.8 Å². The minimum atomic E-state index is 0.138. The largest absolute Gasteiger partial charge is 0.384 e. The van der Waals surface area contributed by atoms with E-state index in [4.69, 9.17) is 5.73 Å². The average molecular weight is 364 g/mol. The lowest BCUT2D eigenvalue weighted by molar-refractivity contribution is -0.130. The molecule has 0 aliphatic carbocycles. The maximum atomic E-state index is 12.4. The number of aromatic nitrogens is 2. The van der Waals surface area contributed by atoms with Crippen LogP contribution in [0.5, 0.6) is 0 Å². The number of nitrogens with zero attached hydrogens (tertiary/aromatic N) is 4. The summed E-state index contributed by atoms with van der Waals surface area (Å²) in [6, 6.07) is 5.96. The Morgan fingerprint density at radius 3 is 2.79 bits per heavy atom. The summed E-state index contributed by atoms with van der Waals surface area (Å²) in [5, 5.41) is 2.67. The van der Waals surface area contributed by atoms with Crippen LogP contribution in [-0.2, 0) is 11.3 Å². The number of hydrogen-bond donors (Lipinski definition) is 1. The molecule has 1 fully saturated rings. The van der Waals surface area contributed by atoms with E-state index in [9.17, 15) is 4.79 Å². The molecule has 3 heterocycles. The Labute approximate surface area is 150 Å². The molecule has 0 spiro atoms. The number of amides is 1. The number of carbonyl (C=O) groups is 1. The summed E-state index contributed by atoms with van der Waals surface area (Å²) in [6.07, 6.45) is 0. The van der Waals surface area contributed by atoms with Gasteiger partial charge >= 0.3 is 0 Å². The van der Waals surface area contributed by atoms with E-state index in [2.05, 4.69) is 32.4 Å². The van der Waals surface area contributed by atoms with E-state index in [1.165, 1.54) is 16.6 Å². The molecule has 128 valence electrons. The maximum absolute atomic E-state index is 12.4. The SMILES string of the molecule is Cc1cc(N)nc(SCC(=O)N2CCN(Cc3cccs3)CC2)n1. The molecule has 0 radical (unpaired) electrons. The number of aryl methyl sites for hydroxylation is 1. The Morgan fingerprint density at radius 2 is 2.12 bits per heavy atom. The van der Waals surface area contributed by atoms with Crippen LogP contribution in [-0.4, -0.2) is 57.6 Å². The molecule has 24 heavy (non-hydrogen) atoms. The highest BCUT2D eigenvalue weighted by Crippen LogP contribution is 2.17. The highest BCUT2D eigenvalue weighted by Gasteiger charge is 2.21. The molecule has 3 rings (SSSR count). The van der Waals surface area contributed by atoms with E-state index in [-0.39, 0.29) is 5.91 Å². The van der Waals surface area contributed by atoms with Gasteiger partial charge in [-0.25, -0.2) is 9.97 Å². The van der Waals surface area contributed by atoms with Crippen LogP contribution in [0, 0.1) is 6.92 Å². The molecule has 2 aromatic heterocycles. The van der Waals surface area contributed by atoms with Gasteiger partial charge in [0, 0.05) is 49.4 Å². The molecule has 6 nitrogen and oxygen atoms in total. The average Bonchev–Trinajstić information content (AvgIpc) is 3.05. The molecular formula is C16H21N5OS2. The van der Waals surface area contributed by atoms with Gasteiger partial charge in [0.05, 0.1) is 5.75 Å². The van der Waals surface area contributed by atoms with Gasteiger partial charge in [-0.3, -0.25) is 9.69 Å². The van der Waals surface area contributed by atoms with Crippen molar-refractivity contribution in [3.8, 4) is 0 Å². The summed E-state index contributed by atoms with van der Waals surface area (Å²) in [7, 11) is 0. The van der Waals surface area contributed by atoms with Crippen LogP contribution >= 0.6 is 23.1 Å². The van der Waals surface area contributed by atoms with Gasteiger partial charge in [0.2, 0.25) is 5.91 Å². The van der Waals surface area contributed by atoms with E-state index >= 15 is 0 Å².